The van der Waals surface area contributed by atoms with Crippen molar-refractivity contribution < 1.29 is 9.32 Å². The van der Waals surface area contributed by atoms with Crippen molar-refractivity contribution in [3.8, 4) is 11.3 Å². The average molecular weight is 284 g/mol. The van der Waals surface area contributed by atoms with E-state index in [0.717, 1.165) is 49.1 Å². The van der Waals surface area contributed by atoms with E-state index in [4.69, 9.17) is 4.52 Å². The van der Waals surface area contributed by atoms with E-state index in [-0.39, 0.29) is 6.04 Å². The quantitative estimate of drug-likeness (QED) is 0.809. The number of rotatable bonds is 4. The second kappa shape index (κ2) is 6.22. The first-order chi connectivity index (χ1) is 10.3. The van der Waals surface area contributed by atoms with Crippen molar-refractivity contribution in [2.75, 3.05) is 6.54 Å². The van der Waals surface area contributed by atoms with Crippen LogP contribution in [0.15, 0.2) is 34.9 Å². The van der Waals surface area contributed by atoms with E-state index in [1.165, 1.54) is 5.56 Å². The number of aldehydes is 1. The van der Waals surface area contributed by atoms with Gasteiger partial charge in [-0.05, 0) is 26.3 Å². The Kier molecular flexibility index (Phi) is 4.15. The standard InChI is InChI=1S/C17H20N2O2/c1-13-5-7-14(8-6-13)17-10-16(21-18-17)11-19-9-3-2-4-15(19)12-20/h5-8,10,12,15H,2-4,9,11H2,1H3. The molecule has 4 nitrogen and oxygen atoms in total. The summed E-state index contributed by atoms with van der Waals surface area (Å²) < 4.78 is 5.44. The molecule has 1 aromatic carbocycles. The van der Waals surface area contributed by atoms with Crippen LogP contribution in [0.2, 0.25) is 0 Å². The van der Waals surface area contributed by atoms with Crippen molar-refractivity contribution >= 4 is 6.29 Å². The molecule has 110 valence electrons. The summed E-state index contributed by atoms with van der Waals surface area (Å²) in [6, 6.07) is 10.2. The lowest BCUT2D eigenvalue weighted by atomic mass is 10.0. The largest absolute Gasteiger partial charge is 0.359 e. The van der Waals surface area contributed by atoms with Crippen LogP contribution in [0.4, 0.5) is 0 Å². The fraction of sp³-hybridized carbons (Fsp3) is 0.412. The van der Waals surface area contributed by atoms with Gasteiger partial charge >= 0.3 is 0 Å². The Morgan fingerprint density at radius 1 is 1.33 bits per heavy atom. The van der Waals surface area contributed by atoms with Gasteiger partial charge in [-0.15, -0.1) is 0 Å². The van der Waals surface area contributed by atoms with Gasteiger partial charge in [0, 0.05) is 11.6 Å². The zero-order chi connectivity index (χ0) is 14.7. The summed E-state index contributed by atoms with van der Waals surface area (Å²) in [4.78, 5) is 13.3. The molecule has 2 aromatic rings. The molecule has 2 heterocycles. The Hall–Kier alpha value is -1.94. The van der Waals surface area contributed by atoms with Crippen molar-refractivity contribution in [2.24, 2.45) is 0 Å². The Morgan fingerprint density at radius 3 is 2.90 bits per heavy atom. The molecule has 1 fully saturated rings. The third kappa shape index (κ3) is 3.22. The molecular weight excluding hydrogens is 264 g/mol. The van der Waals surface area contributed by atoms with E-state index in [2.05, 4.69) is 29.1 Å². The maximum atomic E-state index is 11.1. The molecule has 0 bridgehead atoms. The Bertz CT molecular complexity index is 604. The van der Waals surface area contributed by atoms with E-state index >= 15 is 0 Å². The predicted molar refractivity (Wildman–Crippen MR) is 80.8 cm³/mol. The molecule has 0 radical (unpaired) electrons. The summed E-state index contributed by atoms with van der Waals surface area (Å²) in [6.45, 7) is 3.67. The lowest BCUT2D eigenvalue weighted by Crippen LogP contribution is -2.39. The van der Waals surface area contributed by atoms with E-state index in [1.807, 2.05) is 18.2 Å². The molecule has 0 saturated carbocycles. The first-order valence-electron chi connectivity index (χ1n) is 7.48. The van der Waals surface area contributed by atoms with Crippen LogP contribution >= 0.6 is 0 Å². The molecule has 1 saturated heterocycles. The fourth-order valence-corrected chi connectivity index (χ4v) is 2.82. The summed E-state index contributed by atoms with van der Waals surface area (Å²) in [5.41, 5.74) is 3.13. The van der Waals surface area contributed by atoms with Gasteiger partial charge in [-0.3, -0.25) is 4.90 Å². The lowest BCUT2D eigenvalue weighted by molar-refractivity contribution is -0.113. The molecular formula is C17H20N2O2. The van der Waals surface area contributed by atoms with Crippen LogP contribution in [0.25, 0.3) is 11.3 Å². The van der Waals surface area contributed by atoms with E-state index in [0.29, 0.717) is 6.54 Å². The first kappa shape index (κ1) is 14.0. The van der Waals surface area contributed by atoms with Crippen molar-refractivity contribution in [3.63, 3.8) is 0 Å². The maximum absolute atomic E-state index is 11.1. The maximum Gasteiger partial charge on any atom is 0.151 e. The number of carbonyl (C=O) groups excluding carboxylic acids is 1. The predicted octanol–water partition coefficient (Wildman–Crippen LogP) is 3.20. The molecule has 0 aliphatic carbocycles. The third-order valence-electron chi connectivity index (χ3n) is 4.09. The van der Waals surface area contributed by atoms with Gasteiger partial charge in [-0.2, -0.15) is 0 Å². The van der Waals surface area contributed by atoms with Gasteiger partial charge in [-0.1, -0.05) is 41.4 Å². The zero-order valence-corrected chi connectivity index (χ0v) is 12.3. The monoisotopic (exact) mass is 284 g/mol. The summed E-state index contributed by atoms with van der Waals surface area (Å²) in [5.74, 6) is 0.819. The SMILES string of the molecule is Cc1ccc(-c2cc(CN3CCCCC3C=O)on2)cc1. The van der Waals surface area contributed by atoms with Gasteiger partial charge in [0.15, 0.2) is 5.76 Å². The molecule has 0 spiro atoms. The fourth-order valence-electron chi connectivity index (χ4n) is 2.82. The molecule has 1 aliphatic heterocycles. The summed E-state index contributed by atoms with van der Waals surface area (Å²) in [7, 11) is 0. The second-order valence-electron chi connectivity index (χ2n) is 5.71. The van der Waals surface area contributed by atoms with Gasteiger partial charge in [-0.25, -0.2) is 0 Å². The third-order valence-corrected chi connectivity index (χ3v) is 4.09. The molecule has 3 rings (SSSR count). The first-order valence-corrected chi connectivity index (χ1v) is 7.48. The summed E-state index contributed by atoms with van der Waals surface area (Å²) in [6.07, 6.45) is 4.27. The van der Waals surface area contributed by atoms with Crippen molar-refractivity contribution in [3.05, 3.63) is 41.7 Å². The normalized spacial score (nSPS) is 19.6. The number of aryl methyl sites for hydroxylation is 1. The molecule has 0 amide bonds. The van der Waals surface area contributed by atoms with Crippen LogP contribution in [0.1, 0.15) is 30.6 Å². The van der Waals surface area contributed by atoms with Crippen LogP contribution in [0.5, 0.6) is 0 Å². The molecule has 1 aromatic heterocycles. The number of nitrogens with zero attached hydrogens (tertiary/aromatic N) is 2. The number of hydrogen-bond acceptors (Lipinski definition) is 4. The Labute approximate surface area is 124 Å². The van der Waals surface area contributed by atoms with Gasteiger partial charge in [0.2, 0.25) is 0 Å². The minimum atomic E-state index is 0.0201. The van der Waals surface area contributed by atoms with Crippen molar-refractivity contribution in [1.29, 1.82) is 0 Å². The van der Waals surface area contributed by atoms with Gasteiger partial charge in [0.05, 0.1) is 12.6 Å². The minimum Gasteiger partial charge on any atom is -0.359 e. The van der Waals surface area contributed by atoms with Crippen molar-refractivity contribution in [2.45, 2.75) is 38.8 Å². The summed E-state index contributed by atoms with van der Waals surface area (Å²) >= 11 is 0. The van der Waals surface area contributed by atoms with Crippen LogP contribution in [0, 0.1) is 6.92 Å². The lowest BCUT2D eigenvalue weighted by Gasteiger charge is -2.31. The highest BCUT2D eigenvalue weighted by atomic mass is 16.5. The van der Waals surface area contributed by atoms with Gasteiger partial charge < -0.3 is 9.32 Å². The van der Waals surface area contributed by atoms with Crippen LogP contribution in [0.3, 0.4) is 0 Å². The molecule has 4 heteroatoms. The smallest absolute Gasteiger partial charge is 0.151 e. The number of aromatic nitrogens is 1. The van der Waals surface area contributed by atoms with E-state index in [9.17, 15) is 4.79 Å². The molecule has 1 aliphatic rings. The van der Waals surface area contributed by atoms with Crippen molar-refractivity contribution in [1.82, 2.24) is 10.1 Å². The zero-order valence-electron chi connectivity index (χ0n) is 12.3. The highest BCUT2D eigenvalue weighted by molar-refractivity contribution is 5.59. The minimum absolute atomic E-state index is 0.0201. The molecule has 1 atom stereocenters. The molecule has 0 N–H and O–H groups in total. The molecule has 1 unspecified atom stereocenters. The van der Waals surface area contributed by atoms with Crippen LogP contribution in [-0.2, 0) is 11.3 Å². The summed E-state index contributed by atoms with van der Waals surface area (Å²) in [5, 5.41) is 4.14. The highest BCUT2D eigenvalue weighted by Gasteiger charge is 2.23. The number of hydrogen-bond donors (Lipinski definition) is 0. The van der Waals surface area contributed by atoms with E-state index in [1.54, 1.807) is 0 Å². The topological polar surface area (TPSA) is 46.3 Å². The number of likely N-dealkylation sites (tertiary alicyclic amines) is 1. The second-order valence-corrected chi connectivity index (χ2v) is 5.71. The van der Waals surface area contributed by atoms with Crippen LogP contribution < -0.4 is 0 Å². The van der Waals surface area contributed by atoms with Gasteiger partial charge in [0.25, 0.3) is 0 Å². The Balaban J connectivity index is 1.72. The highest BCUT2D eigenvalue weighted by Crippen LogP contribution is 2.23. The van der Waals surface area contributed by atoms with Crippen LogP contribution in [-0.4, -0.2) is 28.9 Å². The molecule has 21 heavy (non-hydrogen) atoms. The number of benzene rings is 1. The van der Waals surface area contributed by atoms with Gasteiger partial charge in [0.1, 0.15) is 12.0 Å². The Morgan fingerprint density at radius 2 is 2.14 bits per heavy atom. The number of piperidine rings is 1. The van der Waals surface area contributed by atoms with E-state index < -0.39 is 0 Å². The average Bonchev–Trinajstić information content (AvgIpc) is 2.97. The number of carbonyl (C=O) groups is 1.